The van der Waals surface area contributed by atoms with Gasteiger partial charge >= 0.3 is 0 Å². The first-order chi connectivity index (χ1) is 9.51. The van der Waals surface area contributed by atoms with Gasteiger partial charge in [-0.1, -0.05) is 56.2 Å². The Bertz CT molecular complexity index is 229. The molecule has 0 spiro atoms. The molecule has 0 amide bonds. The number of nitrogens with two attached hydrogens (primary N) is 1. The van der Waals surface area contributed by atoms with E-state index in [2.05, 4.69) is 34.6 Å². The molecule has 122 valence electrons. The van der Waals surface area contributed by atoms with Crippen LogP contribution >= 0.6 is 21.6 Å². The molecule has 2 nitrogen and oxygen atoms in total. The van der Waals surface area contributed by atoms with E-state index in [-0.39, 0.29) is 11.1 Å². The first-order valence-electron chi connectivity index (χ1n) is 8.18. The van der Waals surface area contributed by atoms with Gasteiger partial charge in [0.05, 0.1) is 12.2 Å². The summed E-state index contributed by atoms with van der Waals surface area (Å²) in [6, 6.07) is 0. The Morgan fingerprint density at radius 2 is 1.40 bits per heavy atom. The first kappa shape index (κ1) is 20.6. The van der Waals surface area contributed by atoms with Crippen molar-refractivity contribution in [3.8, 4) is 0 Å². The fourth-order valence-corrected chi connectivity index (χ4v) is 4.36. The minimum atomic E-state index is -0.0733. The second kappa shape index (κ2) is 11.2. The quantitative estimate of drug-likeness (QED) is 0.371. The molecule has 0 aromatic heterocycles. The van der Waals surface area contributed by atoms with Crippen LogP contribution in [0.2, 0.25) is 0 Å². The smallest absolute Gasteiger partial charge is 0.0695 e. The molecule has 0 fully saturated rings. The van der Waals surface area contributed by atoms with Crippen molar-refractivity contribution in [2.45, 2.75) is 84.3 Å². The van der Waals surface area contributed by atoms with Crippen molar-refractivity contribution in [2.24, 2.45) is 5.73 Å². The Balaban J connectivity index is 4.31. The maximum atomic E-state index is 6.51. The molecule has 2 N–H and O–H groups in total. The van der Waals surface area contributed by atoms with Crippen LogP contribution in [0.4, 0.5) is 0 Å². The van der Waals surface area contributed by atoms with Gasteiger partial charge in [-0.25, -0.2) is 0 Å². The van der Waals surface area contributed by atoms with Crippen LogP contribution in [0.5, 0.6) is 0 Å². The first-order valence-corrected chi connectivity index (χ1v) is 10.7. The number of rotatable bonds is 13. The molecule has 0 aliphatic rings. The highest BCUT2D eigenvalue weighted by Crippen LogP contribution is 2.33. The Morgan fingerprint density at radius 3 is 1.85 bits per heavy atom. The summed E-state index contributed by atoms with van der Waals surface area (Å²) in [5.74, 6) is 2.30. The van der Waals surface area contributed by atoms with E-state index >= 15 is 0 Å². The lowest BCUT2D eigenvalue weighted by molar-refractivity contribution is -0.0647. The SMILES string of the molecule is CCCSSCCOC(CC)(CC)CC(N)(CC)CC. The van der Waals surface area contributed by atoms with Gasteiger partial charge in [-0.05, 0) is 38.5 Å². The van der Waals surface area contributed by atoms with E-state index in [1.54, 1.807) is 0 Å². The summed E-state index contributed by atoms with van der Waals surface area (Å²) in [6.45, 7) is 11.9. The van der Waals surface area contributed by atoms with Gasteiger partial charge in [-0.2, -0.15) is 0 Å². The standard InChI is InChI=1S/C16H35NOS2/c1-6-12-19-20-13-11-18-16(9-4,10-5)14-15(17,7-2)8-3/h6-14,17H2,1-5H3. The summed E-state index contributed by atoms with van der Waals surface area (Å²) in [6.07, 6.45) is 6.37. The Morgan fingerprint density at radius 1 is 0.850 bits per heavy atom. The van der Waals surface area contributed by atoms with Gasteiger partial charge < -0.3 is 10.5 Å². The lowest BCUT2D eigenvalue weighted by Gasteiger charge is -2.40. The molecule has 0 atom stereocenters. The average Bonchev–Trinajstić information content (AvgIpc) is 2.49. The van der Waals surface area contributed by atoms with Gasteiger partial charge in [0, 0.05) is 17.0 Å². The highest BCUT2D eigenvalue weighted by atomic mass is 33.1. The van der Waals surface area contributed by atoms with Crippen molar-refractivity contribution in [3.63, 3.8) is 0 Å². The third-order valence-corrected chi connectivity index (χ3v) is 6.89. The van der Waals surface area contributed by atoms with Crippen LogP contribution in [0.1, 0.15) is 73.1 Å². The summed E-state index contributed by atoms with van der Waals surface area (Å²) >= 11 is 0. The number of hydrogen-bond acceptors (Lipinski definition) is 4. The van der Waals surface area contributed by atoms with Gasteiger partial charge in [0.1, 0.15) is 0 Å². The molecule has 0 radical (unpaired) electrons. The van der Waals surface area contributed by atoms with Crippen LogP contribution in [-0.2, 0) is 4.74 Å². The third kappa shape index (κ3) is 7.58. The van der Waals surface area contributed by atoms with Crippen molar-refractivity contribution in [1.82, 2.24) is 0 Å². The van der Waals surface area contributed by atoms with Crippen molar-refractivity contribution in [2.75, 3.05) is 18.1 Å². The number of ether oxygens (including phenoxy) is 1. The van der Waals surface area contributed by atoms with E-state index in [4.69, 9.17) is 10.5 Å². The highest BCUT2D eigenvalue weighted by Gasteiger charge is 2.35. The summed E-state index contributed by atoms with van der Waals surface area (Å²) in [7, 11) is 3.88. The summed E-state index contributed by atoms with van der Waals surface area (Å²) in [4.78, 5) is 0. The second-order valence-electron chi connectivity index (χ2n) is 5.63. The zero-order valence-corrected chi connectivity index (χ0v) is 15.8. The molecule has 0 saturated heterocycles. The van der Waals surface area contributed by atoms with Crippen LogP contribution < -0.4 is 5.73 Å². The van der Waals surface area contributed by atoms with Crippen molar-refractivity contribution >= 4 is 21.6 Å². The summed E-state index contributed by atoms with van der Waals surface area (Å²) < 4.78 is 6.29. The molecule has 0 aliphatic carbocycles. The molecule has 0 saturated carbocycles. The van der Waals surface area contributed by atoms with E-state index in [0.29, 0.717) is 0 Å². The average molecular weight is 322 g/mol. The molecule has 0 aliphatic heterocycles. The minimum Gasteiger partial charge on any atom is -0.374 e. The van der Waals surface area contributed by atoms with E-state index in [1.807, 2.05) is 21.6 Å². The van der Waals surface area contributed by atoms with E-state index in [9.17, 15) is 0 Å². The Labute approximate surface area is 134 Å². The second-order valence-corrected chi connectivity index (χ2v) is 8.33. The maximum absolute atomic E-state index is 6.51. The fourth-order valence-electron chi connectivity index (χ4n) is 2.39. The zero-order valence-electron chi connectivity index (χ0n) is 14.2. The summed E-state index contributed by atoms with van der Waals surface area (Å²) in [5.41, 5.74) is 6.41. The maximum Gasteiger partial charge on any atom is 0.0695 e. The molecule has 0 rings (SSSR count). The molecule has 0 unspecified atom stereocenters. The molecular formula is C16H35NOS2. The fraction of sp³-hybridized carbons (Fsp3) is 1.00. The minimum absolute atomic E-state index is 0.0310. The monoisotopic (exact) mass is 321 g/mol. The molecule has 20 heavy (non-hydrogen) atoms. The largest absolute Gasteiger partial charge is 0.374 e. The van der Waals surface area contributed by atoms with Crippen LogP contribution in [0.25, 0.3) is 0 Å². The van der Waals surface area contributed by atoms with Crippen LogP contribution in [0.15, 0.2) is 0 Å². The molecule has 0 heterocycles. The topological polar surface area (TPSA) is 35.2 Å². The normalized spacial score (nSPS) is 12.9. The zero-order chi connectivity index (χ0) is 15.5. The van der Waals surface area contributed by atoms with Gasteiger partial charge in [0.15, 0.2) is 0 Å². The predicted octanol–water partition coefficient (Wildman–Crippen LogP) is 5.26. The third-order valence-electron chi connectivity index (χ3n) is 4.32. The number of hydrogen-bond donors (Lipinski definition) is 1. The molecule has 0 aromatic carbocycles. The molecule has 4 heteroatoms. The van der Waals surface area contributed by atoms with Gasteiger partial charge in [0.2, 0.25) is 0 Å². The Hall–Kier alpha value is 0.620. The van der Waals surface area contributed by atoms with Gasteiger partial charge in [0.25, 0.3) is 0 Å². The molecular weight excluding hydrogens is 286 g/mol. The highest BCUT2D eigenvalue weighted by molar-refractivity contribution is 8.76. The van der Waals surface area contributed by atoms with E-state index < -0.39 is 0 Å². The van der Waals surface area contributed by atoms with Crippen molar-refractivity contribution < 1.29 is 4.74 Å². The molecule has 0 bridgehead atoms. The summed E-state index contributed by atoms with van der Waals surface area (Å²) in [5, 5.41) is 0. The van der Waals surface area contributed by atoms with Crippen LogP contribution in [-0.4, -0.2) is 29.3 Å². The van der Waals surface area contributed by atoms with Crippen LogP contribution in [0, 0.1) is 0 Å². The van der Waals surface area contributed by atoms with E-state index in [1.165, 1.54) is 12.2 Å². The Kier molecular flexibility index (Phi) is 11.6. The van der Waals surface area contributed by atoms with Crippen molar-refractivity contribution in [1.29, 1.82) is 0 Å². The van der Waals surface area contributed by atoms with Crippen molar-refractivity contribution in [3.05, 3.63) is 0 Å². The molecule has 0 aromatic rings. The predicted molar refractivity (Wildman–Crippen MR) is 96.6 cm³/mol. The van der Waals surface area contributed by atoms with Crippen LogP contribution in [0.3, 0.4) is 0 Å². The van der Waals surface area contributed by atoms with E-state index in [0.717, 1.165) is 44.5 Å². The van der Waals surface area contributed by atoms with Gasteiger partial charge in [-0.15, -0.1) is 0 Å². The lowest BCUT2D eigenvalue weighted by atomic mass is 9.78. The lowest BCUT2D eigenvalue weighted by Crippen LogP contribution is -2.48. The van der Waals surface area contributed by atoms with Gasteiger partial charge in [-0.3, -0.25) is 0 Å².